The molecule has 106 valence electrons. The monoisotopic (exact) mass is 282 g/mol. The van der Waals surface area contributed by atoms with E-state index in [0.717, 1.165) is 24.9 Å². The van der Waals surface area contributed by atoms with Gasteiger partial charge in [0.15, 0.2) is 0 Å². The molecule has 0 fully saturated rings. The Hall–Kier alpha value is -1.06. The molecule has 1 unspecified atom stereocenters. The van der Waals surface area contributed by atoms with Crippen molar-refractivity contribution in [1.82, 2.24) is 10.6 Å². The summed E-state index contributed by atoms with van der Waals surface area (Å²) in [7, 11) is 0. The minimum atomic E-state index is -0.217. The van der Waals surface area contributed by atoms with Gasteiger partial charge in [-0.25, -0.2) is 0 Å². The molecule has 0 spiro atoms. The Kier molecular flexibility index (Phi) is 6.89. The van der Waals surface area contributed by atoms with Crippen molar-refractivity contribution in [2.45, 2.75) is 45.7 Å². The average molecular weight is 283 g/mol. The summed E-state index contributed by atoms with van der Waals surface area (Å²) in [5, 5.41) is 6.92. The summed E-state index contributed by atoms with van der Waals surface area (Å²) in [5.74, 6) is 0.0438. The molecule has 0 aliphatic heterocycles. The topological polar surface area (TPSA) is 41.1 Å². The van der Waals surface area contributed by atoms with Gasteiger partial charge in [0.2, 0.25) is 5.91 Å². The molecule has 0 radical (unpaired) electrons. The molecule has 19 heavy (non-hydrogen) atoms. The zero-order chi connectivity index (χ0) is 14.3. The molecule has 2 atom stereocenters. The fourth-order valence-electron chi connectivity index (χ4n) is 1.86. The number of unbranched alkanes of at least 4 members (excludes halogenated alkanes) is 1. The predicted molar refractivity (Wildman–Crippen MR) is 80.4 cm³/mol. The van der Waals surface area contributed by atoms with Crippen LogP contribution in [0.2, 0.25) is 5.02 Å². The number of hydrogen-bond donors (Lipinski definition) is 2. The first kappa shape index (κ1) is 16.0. The summed E-state index contributed by atoms with van der Waals surface area (Å²) in [4.78, 5) is 11.9. The van der Waals surface area contributed by atoms with Crippen LogP contribution in [0.15, 0.2) is 24.3 Å². The lowest BCUT2D eigenvalue weighted by Gasteiger charge is -2.20. The van der Waals surface area contributed by atoms with Crippen LogP contribution in [0.1, 0.15) is 45.2 Å². The Balaban J connectivity index is 2.47. The smallest absolute Gasteiger partial charge is 0.236 e. The molecule has 0 aliphatic carbocycles. The molecule has 1 amide bonds. The van der Waals surface area contributed by atoms with Gasteiger partial charge in [-0.15, -0.1) is 0 Å². The summed E-state index contributed by atoms with van der Waals surface area (Å²) < 4.78 is 0. The Morgan fingerprint density at radius 3 is 2.74 bits per heavy atom. The number of nitrogens with one attached hydrogen (secondary N) is 2. The first-order chi connectivity index (χ1) is 9.04. The van der Waals surface area contributed by atoms with E-state index >= 15 is 0 Å². The van der Waals surface area contributed by atoms with Crippen LogP contribution in [0.3, 0.4) is 0 Å². The normalized spacial score (nSPS) is 13.9. The Labute approximate surface area is 120 Å². The van der Waals surface area contributed by atoms with Gasteiger partial charge in [-0.3, -0.25) is 10.1 Å². The van der Waals surface area contributed by atoms with Gasteiger partial charge in [0, 0.05) is 17.6 Å². The highest BCUT2D eigenvalue weighted by Crippen LogP contribution is 2.17. The predicted octanol–water partition coefficient (Wildman–Crippen LogP) is 3.30. The molecule has 0 bridgehead atoms. The SMILES string of the molecule is CCCCNC(=O)C(C)N[C@@H](C)c1cccc(Cl)c1. The highest BCUT2D eigenvalue weighted by Gasteiger charge is 2.15. The number of carbonyl (C=O) groups is 1. The minimum absolute atomic E-state index is 0.0438. The summed E-state index contributed by atoms with van der Waals surface area (Å²) in [6.07, 6.45) is 2.10. The van der Waals surface area contributed by atoms with Crippen LogP contribution in [0.25, 0.3) is 0 Å². The van der Waals surface area contributed by atoms with Crippen LogP contribution in [0.4, 0.5) is 0 Å². The molecule has 0 saturated heterocycles. The van der Waals surface area contributed by atoms with Crippen molar-refractivity contribution in [3.05, 3.63) is 34.9 Å². The minimum Gasteiger partial charge on any atom is -0.355 e. The number of carbonyl (C=O) groups excluding carboxylic acids is 1. The molecular weight excluding hydrogens is 260 g/mol. The van der Waals surface area contributed by atoms with Gasteiger partial charge in [-0.05, 0) is 38.0 Å². The fourth-order valence-corrected chi connectivity index (χ4v) is 2.06. The maximum Gasteiger partial charge on any atom is 0.236 e. The third-order valence-corrected chi connectivity index (χ3v) is 3.31. The van der Waals surface area contributed by atoms with E-state index in [9.17, 15) is 4.79 Å². The zero-order valence-corrected chi connectivity index (χ0v) is 12.6. The van der Waals surface area contributed by atoms with Crippen molar-refractivity contribution < 1.29 is 4.79 Å². The van der Waals surface area contributed by atoms with Crippen molar-refractivity contribution in [3.8, 4) is 0 Å². The molecule has 0 saturated carbocycles. The number of rotatable bonds is 7. The summed E-state index contributed by atoms with van der Waals surface area (Å²) in [5.41, 5.74) is 1.08. The second-order valence-electron chi connectivity index (χ2n) is 4.81. The van der Waals surface area contributed by atoms with Crippen LogP contribution < -0.4 is 10.6 Å². The third-order valence-electron chi connectivity index (χ3n) is 3.07. The van der Waals surface area contributed by atoms with E-state index < -0.39 is 0 Å². The molecule has 0 aromatic heterocycles. The quantitative estimate of drug-likeness (QED) is 0.754. The van der Waals surface area contributed by atoms with Crippen molar-refractivity contribution in [2.24, 2.45) is 0 Å². The van der Waals surface area contributed by atoms with Crippen molar-refractivity contribution >= 4 is 17.5 Å². The first-order valence-electron chi connectivity index (χ1n) is 6.83. The van der Waals surface area contributed by atoms with E-state index in [2.05, 4.69) is 17.6 Å². The number of amides is 1. The molecule has 1 rings (SSSR count). The van der Waals surface area contributed by atoms with Crippen LogP contribution in [0, 0.1) is 0 Å². The lowest BCUT2D eigenvalue weighted by molar-refractivity contribution is -0.122. The van der Waals surface area contributed by atoms with E-state index in [1.165, 1.54) is 0 Å². The molecule has 2 N–H and O–H groups in total. The van der Waals surface area contributed by atoms with E-state index in [0.29, 0.717) is 5.02 Å². The van der Waals surface area contributed by atoms with Gasteiger partial charge in [-0.1, -0.05) is 37.1 Å². The summed E-state index contributed by atoms with van der Waals surface area (Å²) in [6.45, 7) is 6.76. The van der Waals surface area contributed by atoms with Crippen molar-refractivity contribution in [2.75, 3.05) is 6.54 Å². The van der Waals surface area contributed by atoms with Crippen molar-refractivity contribution in [3.63, 3.8) is 0 Å². The van der Waals surface area contributed by atoms with E-state index in [1.54, 1.807) is 0 Å². The maximum atomic E-state index is 11.9. The largest absolute Gasteiger partial charge is 0.355 e. The molecule has 4 heteroatoms. The standard InChI is InChI=1S/C15H23ClN2O/c1-4-5-9-17-15(19)12(3)18-11(2)13-7-6-8-14(16)10-13/h6-8,10-12,18H,4-5,9H2,1-3H3,(H,17,19)/t11-,12?/m0/s1. The molecule has 1 aromatic rings. The number of hydrogen-bond acceptors (Lipinski definition) is 2. The number of halogens is 1. The third kappa shape index (κ3) is 5.62. The first-order valence-corrected chi connectivity index (χ1v) is 7.21. The Bertz CT molecular complexity index is 409. The van der Waals surface area contributed by atoms with E-state index in [1.807, 2.05) is 38.1 Å². The number of benzene rings is 1. The van der Waals surface area contributed by atoms with Crippen LogP contribution >= 0.6 is 11.6 Å². The molecule has 1 aromatic carbocycles. The average Bonchev–Trinajstić information content (AvgIpc) is 2.38. The van der Waals surface area contributed by atoms with Crippen molar-refractivity contribution in [1.29, 1.82) is 0 Å². The molecule has 0 aliphatic rings. The lowest BCUT2D eigenvalue weighted by Crippen LogP contribution is -2.43. The van der Waals surface area contributed by atoms with Gasteiger partial charge < -0.3 is 5.32 Å². The van der Waals surface area contributed by atoms with Gasteiger partial charge in [0.25, 0.3) is 0 Å². The maximum absolute atomic E-state index is 11.9. The zero-order valence-electron chi connectivity index (χ0n) is 11.9. The molecule has 0 heterocycles. The second kappa shape index (κ2) is 8.18. The van der Waals surface area contributed by atoms with Gasteiger partial charge in [0.05, 0.1) is 6.04 Å². The molecular formula is C15H23ClN2O. The summed E-state index contributed by atoms with van der Waals surface area (Å²) >= 11 is 5.97. The Morgan fingerprint density at radius 2 is 2.11 bits per heavy atom. The second-order valence-corrected chi connectivity index (χ2v) is 5.25. The van der Waals surface area contributed by atoms with Crippen LogP contribution in [0.5, 0.6) is 0 Å². The van der Waals surface area contributed by atoms with Crippen LogP contribution in [-0.4, -0.2) is 18.5 Å². The van der Waals surface area contributed by atoms with E-state index in [4.69, 9.17) is 11.6 Å². The lowest BCUT2D eigenvalue weighted by atomic mass is 10.1. The van der Waals surface area contributed by atoms with Gasteiger partial charge >= 0.3 is 0 Å². The molecule has 3 nitrogen and oxygen atoms in total. The van der Waals surface area contributed by atoms with Gasteiger partial charge in [0.1, 0.15) is 0 Å². The van der Waals surface area contributed by atoms with Crippen LogP contribution in [-0.2, 0) is 4.79 Å². The highest BCUT2D eigenvalue weighted by atomic mass is 35.5. The Morgan fingerprint density at radius 1 is 1.37 bits per heavy atom. The summed E-state index contributed by atoms with van der Waals surface area (Å²) in [6, 6.07) is 7.56. The van der Waals surface area contributed by atoms with Gasteiger partial charge in [-0.2, -0.15) is 0 Å². The highest BCUT2D eigenvalue weighted by molar-refractivity contribution is 6.30. The van der Waals surface area contributed by atoms with E-state index in [-0.39, 0.29) is 18.0 Å². The fraction of sp³-hybridized carbons (Fsp3) is 0.533.